The molecule has 21 heavy (non-hydrogen) atoms. The maximum absolute atomic E-state index is 13.3. The van der Waals surface area contributed by atoms with Crippen molar-refractivity contribution in [2.24, 2.45) is 5.84 Å². The van der Waals surface area contributed by atoms with E-state index in [-0.39, 0.29) is 6.04 Å². The highest BCUT2D eigenvalue weighted by Crippen LogP contribution is 2.26. The van der Waals surface area contributed by atoms with E-state index in [2.05, 4.69) is 10.5 Å². The van der Waals surface area contributed by atoms with Crippen LogP contribution in [0.5, 0.6) is 0 Å². The number of nitrogens with one attached hydrogen (secondary N) is 1. The molecule has 0 spiro atoms. The van der Waals surface area contributed by atoms with Crippen LogP contribution in [0, 0.1) is 11.6 Å². The van der Waals surface area contributed by atoms with E-state index in [0.29, 0.717) is 23.6 Å². The molecule has 2 aromatic rings. The summed E-state index contributed by atoms with van der Waals surface area (Å²) >= 11 is 6.16. The minimum atomic E-state index is -0.878. The molecule has 0 radical (unpaired) electrons. The lowest BCUT2D eigenvalue weighted by atomic mass is 10.0. The van der Waals surface area contributed by atoms with Crippen LogP contribution >= 0.6 is 11.6 Å². The van der Waals surface area contributed by atoms with E-state index in [4.69, 9.17) is 17.4 Å². The number of rotatable bonds is 6. The first-order valence-electron chi connectivity index (χ1n) is 6.68. The number of benzene rings is 1. The van der Waals surface area contributed by atoms with Gasteiger partial charge in [0.1, 0.15) is 0 Å². The number of aromatic nitrogens is 2. The fourth-order valence-corrected chi connectivity index (χ4v) is 2.52. The van der Waals surface area contributed by atoms with Crippen molar-refractivity contribution in [2.45, 2.75) is 32.4 Å². The smallest absolute Gasteiger partial charge is 0.159 e. The molecule has 114 valence electrons. The standard InChI is InChI=1S/C14H17ClF2N4/c1-2-5-21-14(10(15)8-19-21)13(20-18)7-9-3-4-11(16)12(17)6-9/h3-4,6,8,13,20H,2,5,7,18H2,1H3. The van der Waals surface area contributed by atoms with Gasteiger partial charge in [-0.3, -0.25) is 16.0 Å². The van der Waals surface area contributed by atoms with E-state index in [1.165, 1.54) is 6.07 Å². The Labute approximate surface area is 126 Å². The quantitative estimate of drug-likeness (QED) is 0.636. The van der Waals surface area contributed by atoms with Gasteiger partial charge < -0.3 is 0 Å². The second kappa shape index (κ2) is 6.98. The molecule has 0 aliphatic rings. The van der Waals surface area contributed by atoms with E-state index in [9.17, 15) is 8.78 Å². The van der Waals surface area contributed by atoms with Crippen molar-refractivity contribution in [1.82, 2.24) is 15.2 Å². The highest BCUT2D eigenvalue weighted by atomic mass is 35.5. The second-order valence-electron chi connectivity index (χ2n) is 4.77. The van der Waals surface area contributed by atoms with Gasteiger partial charge in [0.05, 0.1) is 23.0 Å². The predicted octanol–water partition coefficient (Wildman–Crippen LogP) is 2.97. The largest absolute Gasteiger partial charge is 0.271 e. The molecule has 2 rings (SSSR count). The summed E-state index contributed by atoms with van der Waals surface area (Å²) in [5.41, 5.74) is 4.03. The normalized spacial score (nSPS) is 12.6. The average molecular weight is 315 g/mol. The first-order chi connectivity index (χ1) is 10.1. The van der Waals surface area contributed by atoms with Crippen LogP contribution in [0.3, 0.4) is 0 Å². The molecule has 0 bridgehead atoms. The molecule has 1 unspecified atom stereocenters. The van der Waals surface area contributed by atoms with Gasteiger partial charge in [-0.05, 0) is 30.5 Å². The fraction of sp³-hybridized carbons (Fsp3) is 0.357. The van der Waals surface area contributed by atoms with Crippen molar-refractivity contribution in [3.05, 3.63) is 52.3 Å². The lowest BCUT2D eigenvalue weighted by Gasteiger charge is -2.18. The molecule has 1 aromatic heterocycles. The molecule has 0 amide bonds. The van der Waals surface area contributed by atoms with Gasteiger partial charge >= 0.3 is 0 Å². The van der Waals surface area contributed by atoms with Crippen LogP contribution in [0.25, 0.3) is 0 Å². The number of hydrazine groups is 1. The van der Waals surface area contributed by atoms with Crippen LogP contribution in [-0.2, 0) is 13.0 Å². The van der Waals surface area contributed by atoms with Crippen molar-refractivity contribution in [3.63, 3.8) is 0 Å². The molecule has 1 heterocycles. The van der Waals surface area contributed by atoms with Gasteiger partial charge in [0.2, 0.25) is 0 Å². The number of hydrogen-bond acceptors (Lipinski definition) is 3. The van der Waals surface area contributed by atoms with Crippen LogP contribution in [0.15, 0.2) is 24.4 Å². The molecular formula is C14H17ClF2N4. The van der Waals surface area contributed by atoms with Crippen LogP contribution in [0.4, 0.5) is 8.78 Å². The van der Waals surface area contributed by atoms with Crippen LogP contribution < -0.4 is 11.3 Å². The Bertz CT molecular complexity index is 615. The minimum Gasteiger partial charge on any atom is -0.271 e. The van der Waals surface area contributed by atoms with Crippen molar-refractivity contribution in [3.8, 4) is 0 Å². The zero-order chi connectivity index (χ0) is 15.4. The van der Waals surface area contributed by atoms with Gasteiger partial charge in [-0.15, -0.1) is 0 Å². The summed E-state index contributed by atoms with van der Waals surface area (Å²) in [5.74, 6) is 3.85. The van der Waals surface area contributed by atoms with Crippen LogP contribution in [-0.4, -0.2) is 9.78 Å². The first-order valence-corrected chi connectivity index (χ1v) is 7.05. The summed E-state index contributed by atoms with van der Waals surface area (Å²) in [6, 6.07) is 3.45. The number of nitrogens with two attached hydrogens (primary N) is 1. The van der Waals surface area contributed by atoms with Crippen molar-refractivity contribution in [2.75, 3.05) is 0 Å². The molecule has 4 nitrogen and oxygen atoms in total. The molecule has 0 aliphatic heterocycles. The SMILES string of the molecule is CCCn1ncc(Cl)c1C(Cc1ccc(F)c(F)c1)NN. The average Bonchev–Trinajstić information content (AvgIpc) is 2.82. The third kappa shape index (κ3) is 3.58. The minimum absolute atomic E-state index is 0.337. The van der Waals surface area contributed by atoms with Gasteiger partial charge in [0.25, 0.3) is 0 Å². The molecule has 0 saturated heterocycles. The molecule has 0 fully saturated rings. The fourth-order valence-electron chi connectivity index (χ4n) is 2.25. The zero-order valence-electron chi connectivity index (χ0n) is 11.6. The number of aryl methyl sites for hydroxylation is 1. The highest BCUT2D eigenvalue weighted by molar-refractivity contribution is 6.31. The summed E-state index contributed by atoms with van der Waals surface area (Å²) in [5, 5.41) is 4.70. The first kappa shape index (κ1) is 15.9. The Morgan fingerprint density at radius 3 is 2.76 bits per heavy atom. The van der Waals surface area contributed by atoms with Gasteiger partial charge in [-0.1, -0.05) is 24.6 Å². The van der Waals surface area contributed by atoms with Gasteiger partial charge in [-0.25, -0.2) is 8.78 Å². The number of hydrogen-bond donors (Lipinski definition) is 2. The number of halogens is 3. The third-order valence-corrected chi connectivity index (χ3v) is 3.51. The van der Waals surface area contributed by atoms with E-state index in [1.54, 1.807) is 10.9 Å². The van der Waals surface area contributed by atoms with Gasteiger partial charge in [-0.2, -0.15) is 5.10 Å². The summed E-state index contributed by atoms with van der Waals surface area (Å²) in [7, 11) is 0. The molecule has 1 aromatic carbocycles. The molecular weight excluding hydrogens is 298 g/mol. The topological polar surface area (TPSA) is 55.9 Å². The summed E-state index contributed by atoms with van der Waals surface area (Å²) in [4.78, 5) is 0. The van der Waals surface area contributed by atoms with Crippen LogP contribution in [0.1, 0.15) is 30.6 Å². The molecule has 0 aliphatic carbocycles. The monoisotopic (exact) mass is 314 g/mol. The van der Waals surface area contributed by atoms with E-state index >= 15 is 0 Å². The summed E-state index contributed by atoms with van der Waals surface area (Å²) in [6.45, 7) is 2.73. The van der Waals surface area contributed by atoms with E-state index < -0.39 is 11.6 Å². The Kier molecular flexibility index (Phi) is 5.27. The Morgan fingerprint density at radius 2 is 2.14 bits per heavy atom. The second-order valence-corrected chi connectivity index (χ2v) is 5.18. The molecule has 7 heteroatoms. The van der Waals surface area contributed by atoms with E-state index in [1.807, 2.05) is 6.92 Å². The highest BCUT2D eigenvalue weighted by Gasteiger charge is 2.20. The molecule has 3 N–H and O–H groups in total. The molecule has 1 atom stereocenters. The number of nitrogens with zero attached hydrogens (tertiary/aromatic N) is 2. The van der Waals surface area contributed by atoms with Crippen molar-refractivity contribution in [1.29, 1.82) is 0 Å². The van der Waals surface area contributed by atoms with Gasteiger partial charge in [0, 0.05) is 6.54 Å². The zero-order valence-corrected chi connectivity index (χ0v) is 12.4. The Morgan fingerprint density at radius 1 is 1.38 bits per heavy atom. The summed E-state index contributed by atoms with van der Waals surface area (Å²) < 4.78 is 28.0. The maximum atomic E-state index is 13.3. The molecule has 0 saturated carbocycles. The summed E-state index contributed by atoms with van der Waals surface area (Å²) in [6.07, 6.45) is 2.83. The Balaban J connectivity index is 2.27. The predicted molar refractivity (Wildman–Crippen MR) is 77.7 cm³/mol. The van der Waals surface area contributed by atoms with Crippen molar-refractivity contribution >= 4 is 11.6 Å². The third-order valence-electron chi connectivity index (χ3n) is 3.22. The Hall–Kier alpha value is -1.50. The van der Waals surface area contributed by atoms with Crippen molar-refractivity contribution < 1.29 is 8.78 Å². The van der Waals surface area contributed by atoms with Gasteiger partial charge in [0.15, 0.2) is 11.6 Å². The lowest BCUT2D eigenvalue weighted by molar-refractivity contribution is 0.474. The van der Waals surface area contributed by atoms with Crippen LogP contribution in [0.2, 0.25) is 5.02 Å². The maximum Gasteiger partial charge on any atom is 0.159 e. The lowest BCUT2D eigenvalue weighted by Crippen LogP contribution is -2.31. The van der Waals surface area contributed by atoms with E-state index in [0.717, 1.165) is 24.2 Å².